The smallest absolute Gasteiger partial charge is 0.340 e. The highest BCUT2D eigenvalue weighted by Crippen LogP contribution is 2.39. The van der Waals surface area contributed by atoms with Gasteiger partial charge in [0.05, 0.1) is 23.3 Å². The highest BCUT2D eigenvalue weighted by molar-refractivity contribution is 7.80. The molecule has 0 amide bonds. The average molecular weight is 407 g/mol. The van der Waals surface area contributed by atoms with E-state index in [9.17, 15) is 14.9 Å². The number of esters is 1. The van der Waals surface area contributed by atoms with Gasteiger partial charge in [-0.3, -0.25) is 10.1 Å². The fourth-order valence-corrected chi connectivity index (χ4v) is 2.35. The van der Waals surface area contributed by atoms with Gasteiger partial charge in [-0.15, -0.1) is 0 Å². The lowest BCUT2D eigenvalue weighted by Gasteiger charge is -2.18. The predicted molar refractivity (Wildman–Crippen MR) is 106 cm³/mol. The number of hydrogen-bond acceptors (Lipinski definition) is 7. The zero-order chi connectivity index (χ0) is 21.0. The van der Waals surface area contributed by atoms with Crippen molar-refractivity contribution in [2.75, 3.05) is 26.5 Å². The van der Waals surface area contributed by atoms with E-state index in [-0.39, 0.29) is 16.4 Å². The van der Waals surface area contributed by atoms with E-state index in [1.54, 1.807) is 45.3 Å². The third-order valence-electron chi connectivity index (χ3n) is 3.76. The van der Waals surface area contributed by atoms with E-state index in [4.69, 9.17) is 17.0 Å². The lowest BCUT2D eigenvalue weighted by Crippen LogP contribution is -2.26. The van der Waals surface area contributed by atoms with Gasteiger partial charge in [0.2, 0.25) is 5.75 Å². The maximum Gasteiger partial charge on any atom is 0.340 e. The van der Waals surface area contributed by atoms with Gasteiger partial charge in [-0.1, -0.05) is 18.2 Å². The van der Waals surface area contributed by atoms with Gasteiger partial charge in [-0.2, -0.15) is 0 Å². The van der Waals surface area contributed by atoms with Gasteiger partial charge in [0.15, 0.2) is 5.82 Å². The van der Waals surface area contributed by atoms with E-state index in [1.165, 1.54) is 4.90 Å². The number of anilines is 2. The Bertz CT molecular complexity index is 949. The molecule has 2 aromatic rings. The first-order valence-corrected chi connectivity index (χ1v) is 8.39. The number of para-hydroxylation sites is 1. The number of benzene rings is 2. The second-order valence-electron chi connectivity index (χ2n) is 5.91. The molecule has 2 rings (SSSR count). The van der Waals surface area contributed by atoms with Crippen LogP contribution in [0.4, 0.5) is 21.5 Å². The molecular weight excluding hydrogens is 389 g/mol. The first-order valence-electron chi connectivity index (χ1n) is 7.98. The monoisotopic (exact) mass is 407 g/mol. The number of carbonyl (C=O) groups is 1. The lowest BCUT2D eigenvalue weighted by molar-refractivity contribution is -0.385. The Morgan fingerprint density at radius 3 is 2.50 bits per heavy atom. The molecule has 10 heteroatoms. The van der Waals surface area contributed by atoms with Gasteiger partial charge < -0.3 is 19.7 Å². The van der Waals surface area contributed by atoms with Crippen LogP contribution in [0.15, 0.2) is 30.3 Å². The van der Waals surface area contributed by atoms with Crippen molar-refractivity contribution in [1.82, 2.24) is 4.90 Å². The first kappa shape index (κ1) is 21.0. The molecule has 0 unspecified atom stereocenters. The molecule has 8 nitrogen and oxygen atoms in total. The summed E-state index contributed by atoms with van der Waals surface area (Å²) in [6.45, 7) is 1.78. The van der Waals surface area contributed by atoms with Gasteiger partial charge in [-0.25, -0.2) is 9.18 Å². The molecule has 0 radical (unpaired) electrons. The van der Waals surface area contributed by atoms with Crippen molar-refractivity contribution in [2.24, 2.45) is 0 Å². The lowest BCUT2D eigenvalue weighted by atomic mass is 10.1. The fraction of sp³-hybridized carbons (Fsp3) is 0.222. The summed E-state index contributed by atoms with van der Waals surface area (Å²) in [6, 6.07) is 7.85. The Kier molecular flexibility index (Phi) is 6.47. The Balaban J connectivity index is 2.72. The third-order valence-corrected chi connectivity index (χ3v) is 4.21. The summed E-state index contributed by atoms with van der Waals surface area (Å²) in [5.41, 5.74) is -0.150. The number of ether oxygens (including phenoxy) is 2. The minimum Gasteiger partial charge on any atom is -0.465 e. The van der Waals surface area contributed by atoms with Crippen LogP contribution in [0.3, 0.4) is 0 Å². The van der Waals surface area contributed by atoms with Gasteiger partial charge >= 0.3 is 11.7 Å². The maximum absolute atomic E-state index is 15.3. The molecule has 0 aromatic heterocycles. The first-order chi connectivity index (χ1) is 13.2. The molecule has 0 aliphatic carbocycles. The second kappa shape index (κ2) is 8.61. The number of methoxy groups -OCH3 is 1. The summed E-state index contributed by atoms with van der Waals surface area (Å²) in [5.74, 6) is -2.78. The molecule has 0 bridgehead atoms. The number of nitrogens with one attached hydrogen (secondary N) is 1. The van der Waals surface area contributed by atoms with Crippen LogP contribution in [0, 0.1) is 22.9 Å². The number of thiocarbonyl (C=S) groups is 1. The molecule has 0 spiro atoms. The summed E-state index contributed by atoms with van der Waals surface area (Å²) in [5, 5.41) is 14.1. The van der Waals surface area contributed by atoms with Crippen LogP contribution < -0.4 is 10.1 Å². The number of halogens is 1. The summed E-state index contributed by atoms with van der Waals surface area (Å²) in [6.07, 6.45) is 0. The molecule has 2 aromatic carbocycles. The predicted octanol–water partition coefficient (Wildman–Crippen LogP) is 3.80. The van der Waals surface area contributed by atoms with Crippen molar-refractivity contribution < 1.29 is 23.6 Å². The number of rotatable bonds is 5. The zero-order valence-corrected chi connectivity index (χ0v) is 16.4. The average Bonchev–Trinajstić information content (AvgIpc) is 2.65. The minimum absolute atomic E-state index is 0.186. The molecule has 0 aliphatic heterocycles. The van der Waals surface area contributed by atoms with E-state index in [0.29, 0.717) is 5.69 Å². The highest BCUT2D eigenvalue weighted by Gasteiger charge is 2.31. The van der Waals surface area contributed by atoms with E-state index in [0.717, 1.165) is 18.7 Å². The number of nitro groups is 1. The quantitative estimate of drug-likeness (QED) is 0.346. The molecule has 28 heavy (non-hydrogen) atoms. The maximum atomic E-state index is 15.3. The van der Waals surface area contributed by atoms with E-state index in [1.807, 2.05) is 0 Å². The molecule has 1 N–H and O–H groups in total. The van der Waals surface area contributed by atoms with Crippen molar-refractivity contribution >= 4 is 40.4 Å². The Morgan fingerprint density at radius 2 is 1.96 bits per heavy atom. The van der Waals surface area contributed by atoms with Crippen LogP contribution in [0.1, 0.15) is 15.9 Å². The van der Waals surface area contributed by atoms with Crippen molar-refractivity contribution in [3.8, 4) is 5.75 Å². The van der Waals surface area contributed by atoms with Crippen molar-refractivity contribution in [3.05, 3.63) is 57.4 Å². The minimum atomic E-state index is -1.14. The number of nitrogens with zero attached hydrogens (tertiary/aromatic N) is 2. The van der Waals surface area contributed by atoms with Crippen molar-refractivity contribution in [2.45, 2.75) is 6.92 Å². The van der Waals surface area contributed by atoms with Crippen LogP contribution in [0.25, 0.3) is 0 Å². The molecular formula is C18H18FN3O5S. The van der Waals surface area contributed by atoms with Gasteiger partial charge in [0.25, 0.3) is 5.17 Å². The van der Waals surface area contributed by atoms with Gasteiger partial charge in [0, 0.05) is 25.8 Å². The Hall–Kier alpha value is -3.27. The number of carbonyl (C=O) groups excluding carboxylic acids is 1. The van der Waals surface area contributed by atoms with E-state index < -0.39 is 28.1 Å². The standard InChI is InChI=1S/C18H18FN3O5S/c1-10-7-5-6-8-12(10)20-15-11(17(23)26-4)9-13(22(24)25)16(14(15)19)27-18(28)21(2)3/h5-9,20H,1-4H3. The fourth-order valence-electron chi connectivity index (χ4n) is 2.27. The molecule has 0 saturated carbocycles. The van der Waals surface area contributed by atoms with Crippen LogP contribution in [-0.2, 0) is 4.74 Å². The number of hydrogen-bond donors (Lipinski definition) is 1. The molecule has 148 valence electrons. The van der Waals surface area contributed by atoms with Crippen molar-refractivity contribution in [3.63, 3.8) is 0 Å². The van der Waals surface area contributed by atoms with Crippen LogP contribution >= 0.6 is 12.2 Å². The molecule has 0 aliphatic rings. The van der Waals surface area contributed by atoms with E-state index in [2.05, 4.69) is 10.1 Å². The summed E-state index contributed by atoms with van der Waals surface area (Å²) in [7, 11) is 4.18. The van der Waals surface area contributed by atoms with E-state index >= 15 is 4.39 Å². The number of aryl methyl sites for hydroxylation is 1. The van der Waals surface area contributed by atoms with Crippen LogP contribution in [0.5, 0.6) is 5.75 Å². The Labute approximate surface area is 166 Å². The third kappa shape index (κ3) is 4.34. The summed E-state index contributed by atoms with van der Waals surface area (Å²) < 4.78 is 25.2. The summed E-state index contributed by atoms with van der Waals surface area (Å²) in [4.78, 5) is 24.1. The molecule has 0 saturated heterocycles. The number of nitro benzene ring substituents is 1. The van der Waals surface area contributed by atoms with Gasteiger partial charge in [-0.05, 0) is 30.8 Å². The molecule has 0 fully saturated rings. The normalized spacial score (nSPS) is 10.2. The molecule has 0 heterocycles. The highest BCUT2D eigenvalue weighted by atomic mass is 32.1. The Morgan fingerprint density at radius 1 is 1.32 bits per heavy atom. The van der Waals surface area contributed by atoms with Crippen LogP contribution in [-0.4, -0.2) is 42.2 Å². The van der Waals surface area contributed by atoms with Crippen LogP contribution in [0.2, 0.25) is 0 Å². The topological polar surface area (TPSA) is 93.9 Å². The summed E-state index contributed by atoms with van der Waals surface area (Å²) >= 11 is 4.97. The largest absolute Gasteiger partial charge is 0.465 e. The SMILES string of the molecule is COC(=O)c1cc([N+](=O)[O-])c(OC(=S)N(C)C)c(F)c1Nc1ccccc1C. The second-order valence-corrected chi connectivity index (χ2v) is 6.26. The molecule has 0 atom stereocenters. The zero-order valence-electron chi connectivity index (χ0n) is 15.6. The van der Waals surface area contributed by atoms with Gasteiger partial charge in [0.1, 0.15) is 0 Å². The van der Waals surface area contributed by atoms with Crippen molar-refractivity contribution in [1.29, 1.82) is 0 Å².